The van der Waals surface area contributed by atoms with Gasteiger partial charge in [-0.3, -0.25) is 9.79 Å². The van der Waals surface area contributed by atoms with Gasteiger partial charge in [-0.25, -0.2) is 0 Å². The van der Waals surface area contributed by atoms with Crippen LogP contribution in [0.25, 0.3) is 0 Å². The van der Waals surface area contributed by atoms with Crippen molar-refractivity contribution in [3.05, 3.63) is 0 Å². The maximum absolute atomic E-state index is 12.0. The van der Waals surface area contributed by atoms with Gasteiger partial charge in [-0.1, -0.05) is 6.42 Å². The average Bonchev–Trinajstić information content (AvgIpc) is 2.42. The monoisotopic (exact) mass is 207 g/mol. The van der Waals surface area contributed by atoms with Crippen LogP contribution in [0.1, 0.15) is 32.1 Å². The minimum Gasteiger partial charge on any atom is -0.317 e. The number of amides is 1. The third-order valence-electron chi connectivity index (χ3n) is 3.92. The molecule has 15 heavy (non-hydrogen) atoms. The lowest BCUT2D eigenvalue weighted by Crippen LogP contribution is -2.47. The summed E-state index contributed by atoms with van der Waals surface area (Å²) in [5, 5.41) is 6.28. The summed E-state index contributed by atoms with van der Waals surface area (Å²) in [6.45, 7) is 1.82. The first-order chi connectivity index (χ1) is 7.30. The SMILES string of the molecule is O=C1NC(C2CCC2)=NC12CCNCC2. The van der Waals surface area contributed by atoms with E-state index in [9.17, 15) is 4.79 Å². The van der Waals surface area contributed by atoms with Crippen LogP contribution in [0, 0.1) is 5.92 Å². The van der Waals surface area contributed by atoms with E-state index in [1.165, 1.54) is 19.3 Å². The maximum atomic E-state index is 12.0. The second kappa shape index (κ2) is 3.30. The zero-order valence-electron chi connectivity index (χ0n) is 8.88. The van der Waals surface area contributed by atoms with E-state index in [2.05, 4.69) is 10.6 Å². The van der Waals surface area contributed by atoms with Gasteiger partial charge >= 0.3 is 0 Å². The van der Waals surface area contributed by atoms with Crippen molar-refractivity contribution in [3.8, 4) is 0 Å². The molecule has 1 saturated heterocycles. The van der Waals surface area contributed by atoms with Gasteiger partial charge in [0.25, 0.3) is 5.91 Å². The van der Waals surface area contributed by atoms with Crippen molar-refractivity contribution in [2.75, 3.05) is 13.1 Å². The highest BCUT2D eigenvalue weighted by Crippen LogP contribution is 2.34. The van der Waals surface area contributed by atoms with Crippen LogP contribution in [0.4, 0.5) is 0 Å². The second-order valence-corrected chi connectivity index (χ2v) is 4.86. The summed E-state index contributed by atoms with van der Waals surface area (Å²) >= 11 is 0. The Bertz CT molecular complexity index is 314. The molecule has 0 aromatic carbocycles. The summed E-state index contributed by atoms with van der Waals surface area (Å²) in [6, 6.07) is 0. The summed E-state index contributed by atoms with van der Waals surface area (Å²) in [4.78, 5) is 16.7. The fourth-order valence-electron chi connectivity index (χ4n) is 2.60. The van der Waals surface area contributed by atoms with E-state index in [1.807, 2.05) is 0 Å². The smallest absolute Gasteiger partial charge is 0.253 e. The van der Waals surface area contributed by atoms with Crippen LogP contribution in [0.15, 0.2) is 4.99 Å². The Labute approximate surface area is 89.5 Å². The quantitative estimate of drug-likeness (QED) is 0.655. The van der Waals surface area contributed by atoms with Crippen LogP contribution >= 0.6 is 0 Å². The fraction of sp³-hybridized carbons (Fsp3) is 0.818. The molecule has 0 aromatic rings. The highest BCUT2D eigenvalue weighted by molar-refractivity contribution is 6.09. The summed E-state index contributed by atoms with van der Waals surface area (Å²) in [5.41, 5.74) is -0.407. The number of nitrogens with zero attached hydrogens (tertiary/aromatic N) is 1. The van der Waals surface area contributed by atoms with Crippen LogP contribution < -0.4 is 10.6 Å². The predicted molar refractivity (Wildman–Crippen MR) is 57.8 cm³/mol. The predicted octanol–water partition coefficient (Wildman–Crippen LogP) is 0.437. The van der Waals surface area contributed by atoms with Gasteiger partial charge in [0, 0.05) is 5.92 Å². The molecule has 1 amide bonds. The van der Waals surface area contributed by atoms with Crippen LogP contribution in [-0.2, 0) is 4.79 Å². The van der Waals surface area contributed by atoms with Gasteiger partial charge in [-0.15, -0.1) is 0 Å². The molecule has 1 aliphatic carbocycles. The van der Waals surface area contributed by atoms with Crippen molar-refractivity contribution < 1.29 is 4.79 Å². The Hall–Kier alpha value is -0.900. The van der Waals surface area contributed by atoms with E-state index in [-0.39, 0.29) is 5.91 Å². The standard InChI is InChI=1S/C11H17N3O/c15-10-11(4-6-12-7-5-11)14-9(13-10)8-2-1-3-8/h8,12H,1-7H2,(H,13,14,15). The van der Waals surface area contributed by atoms with Gasteiger partial charge in [0.1, 0.15) is 11.4 Å². The average molecular weight is 207 g/mol. The molecule has 4 heteroatoms. The number of nitrogens with one attached hydrogen (secondary N) is 2. The van der Waals surface area contributed by atoms with E-state index in [0.29, 0.717) is 5.92 Å². The van der Waals surface area contributed by atoms with Gasteiger partial charge in [0.15, 0.2) is 0 Å². The van der Waals surface area contributed by atoms with E-state index in [0.717, 1.165) is 31.8 Å². The van der Waals surface area contributed by atoms with Crippen molar-refractivity contribution in [2.24, 2.45) is 10.9 Å². The first-order valence-corrected chi connectivity index (χ1v) is 5.92. The number of rotatable bonds is 1. The van der Waals surface area contributed by atoms with E-state index < -0.39 is 5.54 Å². The van der Waals surface area contributed by atoms with Gasteiger partial charge in [0.2, 0.25) is 0 Å². The summed E-state index contributed by atoms with van der Waals surface area (Å²) in [7, 11) is 0. The first kappa shape index (κ1) is 9.33. The molecule has 2 heterocycles. The molecule has 2 aliphatic heterocycles. The lowest BCUT2D eigenvalue weighted by Gasteiger charge is -2.28. The summed E-state index contributed by atoms with van der Waals surface area (Å²) in [6.07, 6.45) is 5.40. The number of hydrogen-bond acceptors (Lipinski definition) is 3. The van der Waals surface area contributed by atoms with Crippen molar-refractivity contribution in [1.29, 1.82) is 0 Å². The van der Waals surface area contributed by atoms with Crippen molar-refractivity contribution in [2.45, 2.75) is 37.6 Å². The molecule has 3 aliphatic rings. The number of piperidine rings is 1. The van der Waals surface area contributed by atoms with Crippen molar-refractivity contribution in [3.63, 3.8) is 0 Å². The molecule has 82 valence electrons. The van der Waals surface area contributed by atoms with Crippen LogP contribution in [0.2, 0.25) is 0 Å². The highest BCUT2D eigenvalue weighted by Gasteiger charge is 2.45. The number of aliphatic imine (C=N–C) groups is 1. The summed E-state index contributed by atoms with van der Waals surface area (Å²) < 4.78 is 0. The molecular formula is C11H17N3O. The Morgan fingerprint density at radius 1 is 1.27 bits per heavy atom. The van der Waals surface area contributed by atoms with E-state index in [1.54, 1.807) is 0 Å². The summed E-state index contributed by atoms with van der Waals surface area (Å²) in [5.74, 6) is 1.67. The molecule has 0 atom stereocenters. The van der Waals surface area contributed by atoms with Gasteiger partial charge in [0.05, 0.1) is 0 Å². The second-order valence-electron chi connectivity index (χ2n) is 4.86. The molecule has 3 rings (SSSR count). The largest absolute Gasteiger partial charge is 0.317 e. The lowest BCUT2D eigenvalue weighted by atomic mass is 9.84. The minimum absolute atomic E-state index is 0.144. The molecule has 0 unspecified atom stereocenters. The van der Waals surface area contributed by atoms with Crippen LogP contribution in [0.3, 0.4) is 0 Å². The van der Waals surface area contributed by atoms with Gasteiger partial charge in [-0.05, 0) is 38.8 Å². The van der Waals surface area contributed by atoms with Crippen LogP contribution in [0.5, 0.6) is 0 Å². The minimum atomic E-state index is -0.407. The fourth-order valence-corrected chi connectivity index (χ4v) is 2.60. The van der Waals surface area contributed by atoms with E-state index >= 15 is 0 Å². The lowest BCUT2D eigenvalue weighted by molar-refractivity contribution is -0.124. The molecule has 1 saturated carbocycles. The third kappa shape index (κ3) is 1.39. The number of amidine groups is 1. The molecular weight excluding hydrogens is 190 g/mol. The van der Waals surface area contributed by atoms with Crippen molar-refractivity contribution >= 4 is 11.7 Å². The molecule has 0 aromatic heterocycles. The Morgan fingerprint density at radius 2 is 2.00 bits per heavy atom. The Kier molecular flexibility index (Phi) is 2.06. The Balaban J connectivity index is 1.82. The van der Waals surface area contributed by atoms with Crippen molar-refractivity contribution in [1.82, 2.24) is 10.6 Å². The zero-order chi connectivity index (χ0) is 10.3. The number of hydrogen-bond donors (Lipinski definition) is 2. The molecule has 1 spiro atoms. The Morgan fingerprint density at radius 3 is 2.60 bits per heavy atom. The molecule has 0 radical (unpaired) electrons. The van der Waals surface area contributed by atoms with Gasteiger partial charge < -0.3 is 10.6 Å². The highest BCUT2D eigenvalue weighted by atomic mass is 16.2. The molecule has 0 bridgehead atoms. The third-order valence-corrected chi connectivity index (χ3v) is 3.92. The maximum Gasteiger partial charge on any atom is 0.253 e. The molecule has 4 nitrogen and oxygen atoms in total. The zero-order valence-corrected chi connectivity index (χ0v) is 8.88. The number of carbonyl (C=O) groups excluding carboxylic acids is 1. The molecule has 2 fully saturated rings. The number of carbonyl (C=O) groups is 1. The van der Waals surface area contributed by atoms with Crippen LogP contribution in [-0.4, -0.2) is 30.4 Å². The first-order valence-electron chi connectivity index (χ1n) is 5.92. The molecule has 2 N–H and O–H groups in total. The van der Waals surface area contributed by atoms with E-state index in [4.69, 9.17) is 4.99 Å². The normalized spacial score (nSPS) is 29.9. The topological polar surface area (TPSA) is 53.5 Å². The van der Waals surface area contributed by atoms with Gasteiger partial charge in [-0.2, -0.15) is 0 Å².